The number of aromatic nitrogens is 3. The molecule has 2 N–H and O–H groups in total. The van der Waals surface area contributed by atoms with Gasteiger partial charge >= 0.3 is 0 Å². The van der Waals surface area contributed by atoms with Crippen LogP contribution in [0, 0.1) is 0 Å². The lowest BCUT2D eigenvalue weighted by Gasteiger charge is -2.42. The molecule has 1 saturated carbocycles. The van der Waals surface area contributed by atoms with Crippen molar-refractivity contribution in [1.29, 1.82) is 0 Å². The van der Waals surface area contributed by atoms with Crippen molar-refractivity contribution >= 4 is 39.8 Å². The van der Waals surface area contributed by atoms with E-state index in [0.717, 1.165) is 56.2 Å². The third-order valence-corrected chi connectivity index (χ3v) is 8.09. The quantitative estimate of drug-likeness (QED) is 0.566. The number of nitrogens with one attached hydrogen (secondary N) is 1. The van der Waals surface area contributed by atoms with E-state index in [1.54, 1.807) is 12.5 Å². The van der Waals surface area contributed by atoms with E-state index in [1.165, 1.54) is 5.56 Å². The molecule has 0 radical (unpaired) electrons. The SMILES string of the molecule is C[S@@](=O)c1c(NC2(CO)CCC2)nc(N2CCC(c3ccc(Cl)cc3)CC2)n2ccnc12. The first-order chi connectivity index (χ1) is 15.5. The Bertz CT molecular complexity index is 1130. The summed E-state index contributed by atoms with van der Waals surface area (Å²) in [5.74, 6) is 1.87. The van der Waals surface area contributed by atoms with E-state index in [0.29, 0.717) is 22.3 Å². The van der Waals surface area contributed by atoms with Crippen LogP contribution in [0.3, 0.4) is 0 Å². The Morgan fingerprint density at radius 3 is 2.56 bits per heavy atom. The van der Waals surface area contributed by atoms with Gasteiger partial charge in [0.15, 0.2) is 11.5 Å². The average Bonchev–Trinajstić information content (AvgIpc) is 3.25. The van der Waals surface area contributed by atoms with E-state index in [-0.39, 0.29) is 12.1 Å². The maximum atomic E-state index is 12.7. The molecule has 2 aromatic heterocycles. The Hall–Kier alpha value is -2.16. The second-order valence-corrected chi connectivity index (χ2v) is 10.6. The normalized spacial score (nSPS) is 19.7. The number of benzene rings is 1. The number of anilines is 2. The Kier molecular flexibility index (Phi) is 5.86. The van der Waals surface area contributed by atoms with E-state index in [1.807, 2.05) is 22.7 Å². The molecule has 9 heteroatoms. The van der Waals surface area contributed by atoms with Crippen molar-refractivity contribution in [2.24, 2.45) is 0 Å². The van der Waals surface area contributed by atoms with Crippen molar-refractivity contribution < 1.29 is 9.32 Å². The van der Waals surface area contributed by atoms with Gasteiger partial charge in [0.2, 0.25) is 5.95 Å². The molecular formula is C23H28ClN5O2S. The molecule has 170 valence electrons. The van der Waals surface area contributed by atoms with Crippen LogP contribution in [0.25, 0.3) is 5.65 Å². The summed E-state index contributed by atoms with van der Waals surface area (Å²) in [6, 6.07) is 8.16. The summed E-state index contributed by atoms with van der Waals surface area (Å²) in [6.45, 7) is 1.77. The minimum absolute atomic E-state index is 0.0336. The zero-order valence-corrected chi connectivity index (χ0v) is 19.7. The number of aliphatic hydroxyl groups is 1. The highest BCUT2D eigenvalue weighted by Crippen LogP contribution is 2.38. The summed E-state index contributed by atoms with van der Waals surface area (Å²) in [7, 11) is -1.27. The van der Waals surface area contributed by atoms with Crippen LogP contribution in [0.1, 0.15) is 43.6 Å². The number of halogens is 1. The van der Waals surface area contributed by atoms with E-state index in [9.17, 15) is 9.32 Å². The van der Waals surface area contributed by atoms with Gasteiger partial charge in [-0.05, 0) is 55.7 Å². The second kappa shape index (κ2) is 8.65. The van der Waals surface area contributed by atoms with E-state index >= 15 is 0 Å². The van der Waals surface area contributed by atoms with Gasteiger partial charge in [-0.15, -0.1) is 0 Å². The molecule has 5 rings (SSSR count). The molecule has 7 nitrogen and oxygen atoms in total. The maximum Gasteiger partial charge on any atom is 0.213 e. The zero-order valence-electron chi connectivity index (χ0n) is 18.1. The predicted molar refractivity (Wildman–Crippen MR) is 128 cm³/mol. The summed E-state index contributed by atoms with van der Waals surface area (Å²) in [5, 5.41) is 14.2. The third kappa shape index (κ3) is 3.89. The zero-order chi connectivity index (χ0) is 22.3. The summed E-state index contributed by atoms with van der Waals surface area (Å²) < 4.78 is 14.6. The van der Waals surface area contributed by atoms with Crippen molar-refractivity contribution in [2.45, 2.75) is 48.5 Å². The van der Waals surface area contributed by atoms with Crippen molar-refractivity contribution in [3.63, 3.8) is 0 Å². The van der Waals surface area contributed by atoms with Gasteiger partial charge in [0.1, 0.15) is 4.90 Å². The van der Waals surface area contributed by atoms with E-state index < -0.39 is 10.8 Å². The first-order valence-electron chi connectivity index (χ1n) is 11.1. The fourth-order valence-corrected chi connectivity index (χ4v) is 5.74. The number of aliphatic hydroxyl groups excluding tert-OH is 1. The van der Waals surface area contributed by atoms with Gasteiger partial charge in [-0.25, -0.2) is 4.98 Å². The fraction of sp³-hybridized carbons (Fsp3) is 0.478. The topological polar surface area (TPSA) is 82.8 Å². The molecule has 0 spiro atoms. The summed E-state index contributed by atoms with van der Waals surface area (Å²) >= 11 is 6.05. The Morgan fingerprint density at radius 1 is 1.25 bits per heavy atom. The number of fused-ring (bicyclic) bond motifs is 1. The van der Waals surface area contributed by atoms with Crippen molar-refractivity contribution in [3.8, 4) is 0 Å². The van der Waals surface area contributed by atoms with Crippen molar-refractivity contribution in [1.82, 2.24) is 14.4 Å². The van der Waals surface area contributed by atoms with Crippen LogP contribution < -0.4 is 10.2 Å². The molecule has 1 atom stereocenters. The molecule has 3 heterocycles. The lowest BCUT2D eigenvalue weighted by atomic mass is 9.77. The highest BCUT2D eigenvalue weighted by atomic mass is 35.5. The average molecular weight is 474 g/mol. The minimum atomic E-state index is -1.27. The van der Waals surface area contributed by atoms with Crippen LogP contribution in [0.4, 0.5) is 11.8 Å². The lowest BCUT2D eigenvalue weighted by Crippen LogP contribution is -2.49. The monoisotopic (exact) mass is 473 g/mol. The maximum absolute atomic E-state index is 12.7. The third-order valence-electron chi connectivity index (χ3n) is 6.89. The van der Waals surface area contributed by atoms with Crippen LogP contribution in [0.5, 0.6) is 0 Å². The second-order valence-electron chi connectivity index (χ2n) is 8.89. The van der Waals surface area contributed by atoms with Crippen LogP contribution in [-0.2, 0) is 10.8 Å². The van der Waals surface area contributed by atoms with Crippen molar-refractivity contribution in [3.05, 3.63) is 47.2 Å². The summed E-state index contributed by atoms with van der Waals surface area (Å²) in [4.78, 5) is 12.3. The highest BCUT2D eigenvalue weighted by Gasteiger charge is 2.38. The van der Waals surface area contributed by atoms with Crippen LogP contribution in [0.15, 0.2) is 41.6 Å². The van der Waals surface area contributed by atoms with E-state index in [4.69, 9.17) is 16.6 Å². The summed E-state index contributed by atoms with van der Waals surface area (Å²) in [5.41, 5.74) is 1.60. The Labute approximate surface area is 195 Å². The first kappa shape index (κ1) is 21.7. The van der Waals surface area contributed by atoms with Gasteiger partial charge in [-0.3, -0.25) is 8.61 Å². The molecule has 0 unspecified atom stereocenters. The largest absolute Gasteiger partial charge is 0.394 e. The first-order valence-corrected chi connectivity index (χ1v) is 13.0. The molecule has 2 fully saturated rings. The molecule has 32 heavy (non-hydrogen) atoms. The lowest BCUT2D eigenvalue weighted by molar-refractivity contribution is 0.143. The fourth-order valence-electron chi connectivity index (χ4n) is 4.84. The number of imidazole rings is 1. The molecule has 1 aromatic carbocycles. The smallest absolute Gasteiger partial charge is 0.213 e. The van der Waals surface area contributed by atoms with Gasteiger partial charge < -0.3 is 15.3 Å². The van der Waals surface area contributed by atoms with Crippen LogP contribution >= 0.6 is 11.6 Å². The van der Waals surface area contributed by atoms with E-state index in [2.05, 4.69) is 27.3 Å². The molecule has 1 aliphatic heterocycles. The number of rotatable bonds is 6. The molecular weight excluding hydrogens is 446 g/mol. The number of piperidine rings is 1. The van der Waals surface area contributed by atoms with Gasteiger partial charge in [0.05, 0.1) is 22.9 Å². The van der Waals surface area contributed by atoms with Crippen LogP contribution in [0.2, 0.25) is 5.02 Å². The van der Waals surface area contributed by atoms with Crippen molar-refractivity contribution in [2.75, 3.05) is 36.2 Å². The Balaban J connectivity index is 1.46. The standard InChI is InChI=1S/C23H28ClN5O2S/c1-32(31)19-20(27-23(15-30)9-2-10-23)26-22(29-14-11-25-21(19)29)28-12-7-17(8-13-28)16-3-5-18(24)6-4-16/h3-6,11,14,17,27,30H,2,7-10,12-13,15H2,1H3/t32-/m1/s1. The molecule has 0 bridgehead atoms. The highest BCUT2D eigenvalue weighted by molar-refractivity contribution is 7.84. The molecule has 0 amide bonds. The minimum Gasteiger partial charge on any atom is -0.394 e. The molecule has 1 saturated heterocycles. The Morgan fingerprint density at radius 2 is 1.97 bits per heavy atom. The van der Waals surface area contributed by atoms with Crippen LogP contribution in [-0.4, -0.2) is 55.2 Å². The van der Waals surface area contributed by atoms with Gasteiger partial charge in [-0.1, -0.05) is 23.7 Å². The van der Waals surface area contributed by atoms with Gasteiger partial charge in [-0.2, -0.15) is 4.98 Å². The predicted octanol–water partition coefficient (Wildman–Crippen LogP) is 3.83. The van der Waals surface area contributed by atoms with Gasteiger partial charge in [0.25, 0.3) is 0 Å². The van der Waals surface area contributed by atoms with Gasteiger partial charge in [0, 0.05) is 36.8 Å². The number of hydrogen-bond acceptors (Lipinski definition) is 6. The molecule has 3 aromatic rings. The number of nitrogens with zero attached hydrogens (tertiary/aromatic N) is 4. The molecule has 1 aliphatic carbocycles. The summed E-state index contributed by atoms with van der Waals surface area (Å²) in [6.07, 6.45) is 10.1. The molecule has 2 aliphatic rings. The number of hydrogen-bond donors (Lipinski definition) is 2.